The summed E-state index contributed by atoms with van der Waals surface area (Å²) in [6.07, 6.45) is 1.64. The topological polar surface area (TPSA) is 105 Å². The van der Waals surface area contributed by atoms with Crippen LogP contribution in [0.1, 0.15) is 23.2 Å². The number of anilines is 1. The van der Waals surface area contributed by atoms with Gasteiger partial charge >= 0.3 is 5.97 Å². The molecule has 0 saturated heterocycles. The second-order valence-electron chi connectivity index (χ2n) is 4.83. The molecule has 1 aromatic carbocycles. The lowest BCUT2D eigenvalue weighted by molar-refractivity contribution is 0.0697. The largest absolute Gasteiger partial charge is 0.478 e. The van der Waals surface area contributed by atoms with E-state index in [1.807, 2.05) is 0 Å². The summed E-state index contributed by atoms with van der Waals surface area (Å²) in [6, 6.07) is 4.00. The van der Waals surface area contributed by atoms with E-state index in [9.17, 15) is 18.3 Å². The summed E-state index contributed by atoms with van der Waals surface area (Å²) in [4.78, 5) is 11.2. The van der Waals surface area contributed by atoms with Crippen LogP contribution in [-0.2, 0) is 14.8 Å². The summed E-state index contributed by atoms with van der Waals surface area (Å²) in [5.74, 6) is -1.18. The molecule has 0 aromatic heterocycles. The van der Waals surface area contributed by atoms with Gasteiger partial charge in [-0.1, -0.05) is 0 Å². The van der Waals surface area contributed by atoms with Gasteiger partial charge in [0.25, 0.3) is 0 Å². The standard InChI is InChI=1S/C13H18N2O5S/c1-20-7-6-14-12-5-4-10(8-11(12)13(16)17)21(18,19)15-9-2-3-9/h4-5,8-9,14-15H,2-3,6-7H2,1H3,(H,16,17). The molecule has 1 saturated carbocycles. The van der Waals surface area contributed by atoms with Crippen molar-refractivity contribution in [3.63, 3.8) is 0 Å². The molecule has 1 aromatic rings. The van der Waals surface area contributed by atoms with Crippen LogP contribution >= 0.6 is 0 Å². The number of rotatable bonds is 8. The third-order valence-electron chi connectivity index (χ3n) is 3.05. The number of benzene rings is 1. The molecule has 0 aliphatic heterocycles. The second-order valence-corrected chi connectivity index (χ2v) is 6.54. The van der Waals surface area contributed by atoms with Crippen molar-refractivity contribution in [2.75, 3.05) is 25.6 Å². The molecule has 116 valence electrons. The Kier molecular flexibility index (Phi) is 4.81. The second kappa shape index (κ2) is 6.42. The molecular formula is C13H18N2O5S. The number of nitrogens with one attached hydrogen (secondary N) is 2. The van der Waals surface area contributed by atoms with Crippen molar-refractivity contribution in [1.29, 1.82) is 0 Å². The van der Waals surface area contributed by atoms with Crippen molar-refractivity contribution < 1.29 is 23.1 Å². The van der Waals surface area contributed by atoms with Gasteiger partial charge in [0.05, 0.1) is 17.1 Å². The average molecular weight is 314 g/mol. The van der Waals surface area contributed by atoms with Crippen molar-refractivity contribution in [1.82, 2.24) is 4.72 Å². The highest BCUT2D eigenvalue weighted by molar-refractivity contribution is 7.89. The molecule has 3 N–H and O–H groups in total. The summed E-state index contributed by atoms with van der Waals surface area (Å²) < 4.78 is 31.6. The van der Waals surface area contributed by atoms with Crippen molar-refractivity contribution in [2.24, 2.45) is 0 Å². The van der Waals surface area contributed by atoms with Gasteiger partial charge in [0.1, 0.15) is 0 Å². The number of methoxy groups -OCH3 is 1. The smallest absolute Gasteiger partial charge is 0.337 e. The highest BCUT2D eigenvalue weighted by Crippen LogP contribution is 2.24. The number of sulfonamides is 1. The minimum absolute atomic E-state index is 0.0252. The lowest BCUT2D eigenvalue weighted by Gasteiger charge is -2.12. The van der Waals surface area contributed by atoms with Crippen molar-refractivity contribution in [3.8, 4) is 0 Å². The molecule has 1 fully saturated rings. The normalized spacial score (nSPS) is 14.9. The SMILES string of the molecule is COCCNc1ccc(S(=O)(=O)NC2CC2)cc1C(=O)O. The van der Waals surface area contributed by atoms with E-state index in [-0.39, 0.29) is 16.5 Å². The first kappa shape index (κ1) is 15.7. The van der Waals surface area contributed by atoms with Gasteiger partial charge < -0.3 is 15.2 Å². The van der Waals surface area contributed by atoms with Crippen molar-refractivity contribution in [2.45, 2.75) is 23.8 Å². The maximum Gasteiger partial charge on any atom is 0.337 e. The molecular weight excluding hydrogens is 296 g/mol. The molecule has 1 aliphatic rings. The number of hydrogen-bond donors (Lipinski definition) is 3. The number of ether oxygens (including phenoxy) is 1. The summed E-state index contributed by atoms with van der Waals surface area (Å²) >= 11 is 0. The van der Waals surface area contributed by atoms with E-state index in [1.165, 1.54) is 18.2 Å². The fourth-order valence-corrected chi connectivity index (χ4v) is 3.13. The zero-order valence-electron chi connectivity index (χ0n) is 11.6. The van der Waals surface area contributed by atoms with E-state index < -0.39 is 16.0 Å². The number of aromatic carboxylic acids is 1. The number of carbonyl (C=O) groups is 1. The molecule has 21 heavy (non-hydrogen) atoms. The van der Waals surface area contributed by atoms with Gasteiger partial charge in [0.2, 0.25) is 10.0 Å². The first-order valence-electron chi connectivity index (χ1n) is 6.56. The van der Waals surface area contributed by atoms with Gasteiger partial charge in [-0.3, -0.25) is 0 Å². The fourth-order valence-electron chi connectivity index (χ4n) is 1.80. The van der Waals surface area contributed by atoms with Gasteiger partial charge in [-0.25, -0.2) is 17.9 Å². The minimum Gasteiger partial charge on any atom is -0.478 e. The van der Waals surface area contributed by atoms with Gasteiger partial charge in [-0.05, 0) is 31.0 Å². The number of carboxylic acid groups (broad SMARTS) is 1. The average Bonchev–Trinajstić information content (AvgIpc) is 3.22. The van der Waals surface area contributed by atoms with E-state index >= 15 is 0 Å². The highest BCUT2D eigenvalue weighted by atomic mass is 32.2. The molecule has 0 amide bonds. The van der Waals surface area contributed by atoms with Crippen LogP contribution in [0.25, 0.3) is 0 Å². The number of carboxylic acids is 1. The van der Waals surface area contributed by atoms with E-state index in [4.69, 9.17) is 4.74 Å². The van der Waals surface area contributed by atoms with Crippen LogP contribution in [-0.4, -0.2) is 45.8 Å². The lowest BCUT2D eigenvalue weighted by atomic mass is 10.2. The molecule has 0 spiro atoms. The van der Waals surface area contributed by atoms with Crippen molar-refractivity contribution >= 4 is 21.7 Å². The predicted molar refractivity (Wildman–Crippen MR) is 77.1 cm³/mol. The van der Waals surface area contributed by atoms with E-state index in [0.717, 1.165) is 12.8 Å². The third kappa shape index (κ3) is 4.16. The first-order chi connectivity index (χ1) is 9.94. The Bertz CT molecular complexity index is 625. The zero-order chi connectivity index (χ0) is 15.5. The van der Waals surface area contributed by atoms with Crippen LogP contribution in [0.15, 0.2) is 23.1 Å². The van der Waals surface area contributed by atoms with Gasteiger partial charge in [0.15, 0.2) is 0 Å². The molecule has 8 heteroatoms. The summed E-state index contributed by atoms with van der Waals surface area (Å²) in [5.41, 5.74) is 0.287. The fraction of sp³-hybridized carbons (Fsp3) is 0.462. The Labute approximate surface area is 123 Å². The molecule has 0 radical (unpaired) electrons. The molecule has 0 bridgehead atoms. The summed E-state index contributed by atoms with van der Waals surface area (Å²) in [7, 11) is -2.12. The summed E-state index contributed by atoms with van der Waals surface area (Å²) in [5, 5.41) is 12.1. The molecule has 0 atom stereocenters. The van der Waals surface area contributed by atoms with Gasteiger partial charge in [-0.2, -0.15) is 0 Å². The van der Waals surface area contributed by atoms with E-state index in [1.54, 1.807) is 7.11 Å². The van der Waals surface area contributed by atoms with Crippen LogP contribution in [0.3, 0.4) is 0 Å². The van der Waals surface area contributed by atoms with Gasteiger partial charge in [-0.15, -0.1) is 0 Å². The monoisotopic (exact) mass is 314 g/mol. The first-order valence-corrected chi connectivity index (χ1v) is 8.05. The van der Waals surface area contributed by atoms with Crippen molar-refractivity contribution in [3.05, 3.63) is 23.8 Å². The molecule has 0 unspecified atom stereocenters. The Morgan fingerprint density at radius 3 is 2.71 bits per heavy atom. The maximum absolute atomic E-state index is 12.1. The molecule has 0 heterocycles. The number of hydrogen-bond acceptors (Lipinski definition) is 5. The molecule has 1 aliphatic carbocycles. The summed E-state index contributed by atoms with van der Waals surface area (Å²) in [6.45, 7) is 0.853. The molecule has 7 nitrogen and oxygen atoms in total. The lowest BCUT2D eigenvalue weighted by Crippen LogP contribution is -2.26. The predicted octanol–water partition coefficient (Wildman–Crippen LogP) is 0.884. The third-order valence-corrected chi connectivity index (χ3v) is 4.57. The van der Waals surface area contributed by atoms with Crippen LogP contribution in [0, 0.1) is 0 Å². The Morgan fingerprint density at radius 2 is 2.14 bits per heavy atom. The van der Waals surface area contributed by atoms with Crippen LogP contribution in [0.4, 0.5) is 5.69 Å². The van der Waals surface area contributed by atoms with Crippen LogP contribution < -0.4 is 10.0 Å². The highest BCUT2D eigenvalue weighted by Gasteiger charge is 2.28. The Morgan fingerprint density at radius 1 is 1.43 bits per heavy atom. The zero-order valence-corrected chi connectivity index (χ0v) is 12.4. The van der Waals surface area contributed by atoms with Gasteiger partial charge in [0, 0.05) is 25.4 Å². The minimum atomic E-state index is -3.66. The van der Waals surface area contributed by atoms with E-state index in [0.29, 0.717) is 18.8 Å². The van der Waals surface area contributed by atoms with Crippen LogP contribution in [0.2, 0.25) is 0 Å². The Hall–Kier alpha value is -1.64. The Balaban J connectivity index is 2.24. The quantitative estimate of drug-likeness (QED) is 0.615. The molecule has 2 rings (SSSR count). The van der Waals surface area contributed by atoms with Crippen LogP contribution in [0.5, 0.6) is 0 Å². The van der Waals surface area contributed by atoms with E-state index in [2.05, 4.69) is 10.0 Å². The maximum atomic E-state index is 12.1.